The summed E-state index contributed by atoms with van der Waals surface area (Å²) in [4.78, 5) is 23.9. The van der Waals surface area contributed by atoms with Gasteiger partial charge >= 0.3 is 5.97 Å². The van der Waals surface area contributed by atoms with Crippen LogP contribution in [0, 0.1) is 5.92 Å². The predicted octanol–water partition coefficient (Wildman–Crippen LogP) is 2.70. The molecule has 1 fully saturated rings. The lowest BCUT2D eigenvalue weighted by molar-refractivity contribution is -0.147. The number of esters is 1. The Balaban J connectivity index is 1.48. The van der Waals surface area contributed by atoms with Crippen LogP contribution in [0.25, 0.3) is 0 Å². The zero-order valence-corrected chi connectivity index (χ0v) is 16.6. The van der Waals surface area contributed by atoms with E-state index in [-0.39, 0.29) is 23.8 Å². The number of anilines is 1. The Bertz CT molecular complexity index is 827. The quantitative estimate of drug-likeness (QED) is 0.555. The van der Waals surface area contributed by atoms with Crippen molar-refractivity contribution in [1.82, 2.24) is 4.31 Å². The maximum atomic E-state index is 12.6. The molecule has 28 heavy (non-hydrogen) atoms. The summed E-state index contributed by atoms with van der Waals surface area (Å²) in [6.45, 7) is 0.731. The highest BCUT2D eigenvalue weighted by molar-refractivity contribution is 7.89. The first-order valence-corrected chi connectivity index (χ1v) is 11.1. The van der Waals surface area contributed by atoms with E-state index in [9.17, 15) is 18.0 Å². The molecule has 0 bridgehead atoms. The van der Waals surface area contributed by atoms with Gasteiger partial charge in [0.2, 0.25) is 10.0 Å². The van der Waals surface area contributed by atoms with Crippen molar-refractivity contribution in [3.63, 3.8) is 0 Å². The van der Waals surface area contributed by atoms with Crippen molar-refractivity contribution in [3.05, 3.63) is 36.4 Å². The van der Waals surface area contributed by atoms with Crippen molar-refractivity contribution in [2.45, 2.75) is 43.4 Å². The van der Waals surface area contributed by atoms with Crippen LogP contribution in [0.2, 0.25) is 0 Å². The van der Waals surface area contributed by atoms with Crippen molar-refractivity contribution < 1.29 is 22.7 Å². The van der Waals surface area contributed by atoms with Crippen LogP contribution in [-0.4, -0.2) is 44.3 Å². The van der Waals surface area contributed by atoms with Crippen molar-refractivity contribution in [1.29, 1.82) is 0 Å². The molecule has 1 saturated heterocycles. The van der Waals surface area contributed by atoms with Crippen LogP contribution in [0.15, 0.2) is 41.3 Å². The average Bonchev–Trinajstić information content (AvgIpc) is 3.20. The number of sulfonamides is 1. The standard InChI is InChI=1S/C20H26N2O5S/c23-19(15-27-20(24)14-16-6-2-3-7-16)21-17-8-10-18(11-9-17)28(25,26)22-12-4-1-5-13-22/h2,6,8-11,16H,1,3-5,7,12-15H2,(H,21,23)/t16-/m0/s1. The first-order valence-electron chi connectivity index (χ1n) is 9.67. The first kappa shape index (κ1) is 20.5. The summed E-state index contributed by atoms with van der Waals surface area (Å²) in [7, 11) is -3.49. The number of allylic oxidation sites excluding steroid dienone is 2. The Hall–Kier alpha value is -2.19. The number of carbonyl (C=O) groups is 2. The highest BCUT2D eigenvalue weighted by Crippen LogP contribution is 2.22. The summed E-state index contributed by atoms with van der Waals surface area (Å²) in [5.41, 5.74) is 0.456. The van der Waals surface area contributed by atoms with Gasteiger partial charge in [0.1, 0.15) is 0 Å². The third kappa shape index (κ3) is 5.42. The number of rotatable bonds is 7. The maximum absolute atomic E-state index is 12.6. The maximum Gasteiger partial charge on any atom is 0.306 e. The molecule has 0 saturated carbocycles. The van der Waals surface area contributed by atoms with E-state index in [4.69, 9.17) is 4.74 Å². The largest absolute Gasteiger partial charge is 0.456 e. The van der Waals surface area contributed by atoms with Crippen molar-refractivity contribution >= 4 is 27.6 Å². The molecule has 0 aromatic heterocycles. The van der Waals surface area contributed by atoms with E-state index in [1.54, 1.807) is 12.1 Å². The van der Waals surface area contributed by atoms with Gasteiger partial charge in [-0.25, -0.2) is 8.42 Å². The van der Waals surface area contributed by atoms with Gasteiger partial charge in [0, 0.05) is 18.8 Å². The van der Waals surface area contributed by atoms with Crippen LogP contribution in [0.3, 0.4) is 0 Å². The molecule has 1 aliphatic heterocycles. The molecule has 8 heteroatoms. The molecule has 1 aromatic carbocycles. The molecule has 1 aliphatic carbocycles. The van der Waals surface area contributed by atoms with Gasteiger partial charge in [-0.15, -0.1) is 0 Å². The highest BCUT2D eigenvalue weighted by atomic mass is 32.2. The van der Waals surface area contributed by atoms with E-state index in [0.717, 1.165) is 32.1 Å². The summed E-state index contributed by atoms with van der Waals surface area (Å²) in [6, 6.07) is 6.05. The van der Waals surface area contributed by atoms with Gasteiger partial charge in [0.25, 0.3) is 5.91 Å². The fourth-order valence-corrected chi connectivity index (χ4v) is 4.96. The van der Waals surface area contributed by atoms with E-state index in [1.807, 2.05) is 12.2 Å². The van der Waals surface area contributed by atoms with Crippen LogP contribution >= 0.6 is 0 Å². The number of benzene rings is 1. The minimum atomic E-state index is -3.49. The number of ether oxygens (including phenoxy) is 1. The van der Waals surface area contributed by atoms with Gasteiger partial charge in [0.15, 0.2) is 6.61 Å². The number of piperidine rings is 1. The van der Waals surface area contributed by atoms with Gasteiger partial charge in [-0.2, -0.15) is 4.31 Å². The molecule has 0 radical (unpaired) electrons. The van der Waals surface area contributed by atoms with Crippen LogP contribution in [0.4, 0.5) is 5.69 Å². The van der Waals surface area contributed by atoms with Crippen molar-refractivity contribution in [2.75, 3.05) is 25.0 Å². The topological polar surface area (TPSA) is 92.8 Å². The van der Waals surface area contributed by atoms with Crippen LogP contribution in [0.1, 0.15) is 38.5 Å². The summed E-state index contributed by atoms with van der Waals surface area (Å²) in [5.74, 6) is -0.651. The molecule has 2 aliphatic rings. The zero-order valence-electron chi connectivity index (χ0n) is 15.8. The Morgan fingerprint density at radius 3 is 2.46 bits per heavy atom. The Morgan fingerprint density at radius 2 is 1.82 bits per heavy atom. The van der Waals surface area contributed by atoms with E-state index in [0.29, 0.717) is 18.8 Å². The molecule has 1 atom stereocenters. The second-order valence-corrected chi connectivity index (χ2v) is 9.11. The van der Waals surface area contributed by atoms with Gasteiger partial charge < -0.3 is 10.1 Å². The Labute approximate surface area is 165 Å². The second-order valence-electron chi connectivity index (χ2n) is 7.17. The lowest BCUT2D eigenvalue weighted by atomic mass is 10.1. The summed E-state index contributed by atoms with van der Waals surface area (Å²) in [6.07, 6.45) is 9.05. The predicted molar refractivity (Wildman–Crippen MR) is 105 cm³/mol. The molecular weight excluding hydrogens is 380 g/mol. The SMILES string of the molecule is O=C(COC(=O)C[C@H]1C=CCC1)Nc1ccc(S(=O)(=O)N2CCCCC2)cc1. The number of amides is 1. The van der Waals surface area contributed by atoms with Gasteiger partial charge in [-0.05, 0) is 55.9 Å². The molecule has 0 spiro atoms. The Kier molecular flexibility index (Phi) is 6.85. The van der Waals surface area contributed by atoms with E-state index in [1.165, 1.54) is 16.4 Å². The normalized spacial score (nSPS) is 20.1. The van der Waals surface area contributed by atoms with Crippen molar-refractivity contribution in [2.24, 2.45) is 5.92 Å². The van der Waals surface area contributed by atoms with Crippen LogP contribution < -0.4 is 5.32 Å². The minimum Gasteiger partial charge on any atom is -0.456 e. The van der Waals surface area contributed by atoms with E-state index in [2.05, 4.69) is 5.32 Å². The summed E-state index contributed by atoms with van der Waals surface area (Å²) >= 11 is 0. The molecule has 1 aromatic rings. The molecular formula is C20H26N2O5S. The fourth-order valence-electron chi connectivity index (χ4n) is 3.45. The Morgan fingerprint density at radius 1 is 1.11 bits per heavy atom. The third-order valence-corrected chi connectivity index (χ3v) is 6.91. The van der Waals surface area contributed by atoms with Gasteiger partial charge in [0.05, 0.1) is 11.3 Å². The minimum absolute atomic E-state index is 0.199. The molecule has 1 heterocycles. The molecule has 3 rings (SSSR count). The number of hydrogen-bond acceptors (Lipinski definition) is 5. The summed E-state index contributed by atoms with van der Waals surface area (Å²) in [5, 5.41) is 2.61. The molecule has 1 N–H and O–H groups in total. The fraction of sp³-hybridized carbons (Fsp3) is 0.500. The third-order valence-electron chi connectivity index (χ3n) is 5.00. The second kappa shape index (κ2) is 9.34. The average molecular weight is 407 g/mol. The molecule has 152 valence electrons. The number of nitrogens with zero attached hydrogens (tertiary/aromatic N) is 1. The lowest BCUT2D eigenvalue weighted by Gasteiger charge is -2.25. The monoisotopic (exact) mass is 406 g/mol. The molecule has 7 nitrogen and oxygen atoms in total. The number of carbonyl (C=O) groups excluding carboxylic acids is 2. The molecule has 1 amide bonds. The highest BCUT2D eigenvalue weighted by Gasteiger charge is 2.25. The number of nitrogens with one attached hydrogen (secondary N) is 1. The van der Waals surface area contributed by atoms with Crippen LogP contribution in [0.5, 0.6) is 0 Å². The zero-order chi connectivity index (χ0) is 20.0. The summed E-state index contributed by atoms with van der Waals surface area (Å²) < 4.78 is 31.7. The van der Waals surface area contributed by atoms with Gasteiger partial charge in [-0.1, -0.05) is 18.6 Å². The van der Waals surface area contributed by atoms with Gasteiger partial charge in [-0.3, -0.25) is 9.59 Å². The van der Waals surface area contributed by atoms with Crippen LogP contribution in [-0.2, 0) is 24.3 Å². The van der Waals surface area contributed by atoms with E-state index >= 15 is 0 Å². The van der Waals surface area contributed by atoms with Crippen molar-refractivity contribution in [3.8, 4) is 0 Å². The smallest absolute Gasteiger partial charge is 0.306 e. The first-order chi connectivity index (χ1) is 13.4. The van der Waals surface area contributed by atoms with E-state index < -0.39 is 21.9 Å². The lowest BCUT2D eigenvalue weighted by Crippen LogP contribution is -2.35. The number of hydrogen-bond donors (Lipinski definition) is 1. The molecule has 0 unspecified atom stereocenters.